The molecule has 0 aliphatic rings. The number of nitrogens with one attached hydrogen (secondary N) is 1. The third kappa shape index (κ3) is 4.22. The molecule has 1 N–H and O–H groups in total. The highest BCUT2D eigenvalue weighted by molar-refractivity contribution is 7.10. The quantitative estimate of drug-likeness (QED) is 0.689. The van der Waals surface area contributed by atoms with E-state index < -0.39 is 0 Å². The molecule has 0 aliphatic heterocycles. The second-order valence-corrected chi connectivity index (χ2v) is 4.96. The molecule has 2 rings (SSSR count). The van der Waals surface area contributed by atoms with Gasteiger partial charge in [0.1, 0.15) is 5.75 Å². The Bertz CT molecular complexity index is 578. The molecule has 0 spiro atoms. The predicted octanol–water partition coefficient (Wildman–Crippen LogP) is 2.85. The van der Waals surface area contributed by atoms with Crippen LogP contribution in [0.5, 0.6) is 5.75 Å². The van der Waals surface area contributed by atoms with E-state index in [2.05, 4.69) is 5.32 Å². The van der Waals surface area contributed by atoms with Crippen LogP contribution in [0.1, 0.15) is 11.8 Å². The molecule has 2 aromatic rings. The smallest absolute Gasteiger partial charge is 0.308 e. The Morgan fingerprint density at radius 3 is 2.79 bits per heavy atom. The first kappa shape index (κ1) is 13.3. The number of ether oxygens (including phenoxy) is 1. The normalized spacial score (nSPS) is 9.95. The molecule has 0 radical (unpaired) electrons. The van der Waals surface area contributed by atoms with Crippen LogP contribution in [-0.4, -0.2) is 11.9 Å². The summed E-state index contributed by atoms with van der Waals surface area (Å²) in [7, 11) is 0. The molecule has 0 aliphatic carbocycles. The van der Waals surface area contributed by atoms with Crippen molar-refractivity contribution in [1.29, 1.82) is 0 Å². The van der Waals surface area contributed by atoms with Crippen LogP contribution in [0.3, 0.4) is 0 Å². The summed E-state index contributed by atoms with van der Waals surface area (Å²) in [5.41, 5.74) is 0.611. The Balaban J connectivity index is 1.98. The van der Waals surface area contributed by atoms with Crippen molar-refractivity contribution >= 4 is 28.9 Å². The zero-order valence-electron chi connectivity index (χ0n) is 10.4. The van der Waals surface area contributed by atoms with E-state index in [4.69, 9.17) is 4.74 Å². The van der Waals surface area contributed by atoms with Crippen molar-refractivity contribution in [2.24, 2.45) is 0 Å². The molecule has 0 fully saturated rings. The Kier molecular flexibility index (Phi) is 4.30. The average Bonchev–Trinajstić information content (AvgIpc) is 2.81. The van der Waals surface area contributed by atoms with Gasteiger partial charge in [-0.25, -0.2) is 0 Å². The molecule has 5 heteroatoms. The van der Waals surface area contributed by atoms with Crippen molar-refractivity contribution in [3.8, 4) is 5.75 Å². The summed E-state index contributed by atoms with van der Waals surface area (Å²) < 4.78 is 4.95. The first-order chi connectivity index (χ1) is 9.13. The number of hydrogen-bond acceptors (Lipinski definition) is 4. The summed E-state index contributed by atoms with van der Waals surface area (Å²) in [6, 6.07) is 10.6. The first-order valence-corrected chi connectivity index (χ1v) is 6.62. The van der Waals surface area contributed by atoms with Crippen LogP contribution in [0.4, 0.5) is 5.69 Å². The number of esters is 1. The van der Waals surface area contributed by atoms with Gasteiger partial charge in [0.15, 0.2) is 0 Å². The molecule has 98 valence electrons. The maximum absolute atomic E-state index is 11.8. The minimum absolute atomic E-state index is 0.0950. The minimum atomic E-state index is -0.387. The molecular formula is C14H13NO3S. The number of amides is 1. The third-order valence-corrected chi connectivity index (χ3v) is 3.17. The van der Waals surface area contributed by atoms with Crippen molar-refractivity contribution < 1.29 is 14.3 Å². The van der Waals surface area contributed by atoms with Crippen LogP contribution < -0.4 is 10.1 Å². The Hall–Kier alpha value is -2.14. The van der Waals surface area contributed by atoms with Crippen molar-refractivity contribution in [3.63, 3.8) is 0 Å². The van der Waals surface area contributed by atoms with Gasteiger partial charge in [0.05, 0.1) is 6.42 Å². The van der Waals surface area contributed by atoms with Gasteiger partial charge in [-0.2, -0.15) is 0 Å². The predicted molar refractivity (Wildman–Crippen MR) is 74.4 cm³/mol. The van der Waals surface area contributed by atoms with Gasteiger partial charge >= 0.3 is 5.97 Å². The standard InChI is InChI=1S/C14H13NO3S/c1-10(16)18-12-5-2-4-11(8-12)15-14(17)9-13-6-3-7-19-13/h2-8H,9H2,1H3,(H,15,17). The third-order valence-electron chi connectivity index (χ3n) is 2.29. The summed E-state index contributed by atoms with van der Waals surface area (Å²) in [4.78, 5) is 23.7. The number of carbonyl (C=O) groups is 2. The van der Waals surface area contributed by atoms with Crippen molar-refractivity contribution in [2.45, 2.75) is 13.3 Å². The maximum atomic E-state index is 11.8. The molecular weight excluding hydrogens is 262 g/mol. The second-order valence-electron chi connectivity index (χ2n) is 3.93. The van der Waals surface area contributed by atoms with Crippen molar-refractivity contribution in [1.82, 2.24) is 0 Å². The van der Waals surface area contributed by atoms with Crippen LogP contribution in [0.2, 0.25) is 0 Å². The van der Waals surface area contributed by atoms with Gasteiger partial charge in [0.25, 0.3) is 0 Å². The highest BCUT2D eigenvalue weighted by Gasteiger charge is 2.06. The van der Waals surface area contributed by atoms with E-state index in [9.17, 15) is 9.59 Å². The molecule has 1 amide bonds. The van der Waals surface area contributed by atoms with Gasteiger partial charge < -0.3 is 10.1 Å². The number of thiophene rings is 1. The van der Waals surface area contributed by atoms with E-state index in [1.54, 1.807) is 35.6 Å². The van der Waals surface area contributed by atoms with Gasteiger partial charge in [-0.3, -0.25) is 9.59 Å². The van der Waals surface area contributed by atoms with E-state index in [-0.39, 0.29) is 11.9 Å². The van der Waals surface area contributed by atoms with E-state index in [1.165, 1.54) is 6.92 Å². The van der Waals surface area contributed by atoms with Gasteiger partial charge in [-0.1, -0.05) is 12.1 Å². The fourth-order valence-corrected chi connectivity index (χ4v) is 2.28. The highest BCUT2D eigenvalue weighted by atomic mass is 32.1. The van der Waals surface area contributed by atoms with Gasteiger partial charge in [0, 0.05) is 23.6 Å². The summed E-state index contributed by atoms with van der Waals surface area (Å²) in [5.74, 6) is -0.0640. The maximum Gasteiger partial charge on any atom is 0.308 e. The van der Waals surface area contributed by atoms with Crippen LogP contribution in [0, 0.1) is 0 Å². The molecule has 1 heterocycles. The zero-order valence-corrected chi connectivity index (χ0v) is 11.2. The molecule has 0 atom stereocenters. The Labute approximate surface area is 115 Å². The summed E-state index contributed by atoms with van der Waals surface area (Å²) in [5, 5.41) is 4.70. The summed E-state index contributed by atoms with van der Waals surface area (Å²) in [6.07, 6.45) is 0.343. The lowest BCUT2D eigenvalue weighted by Gasteiger charge is -2.06. The Morgan fingerprint density at radius 2 is 2.11 bits per heavy atom. The van der Waals surface area contributed by atoms with Crippen molar-refractivity contribution in [3.05, 3.63) is 46.7 Å². The van der Waals surface area contributed by atoms with Crippen LogP contribution >= 0.6 is 11.3 Å². The number of benzene rings is 1. The largest absolute Gasteiger partial charge is 0.427 e. The van der Waals surface area contributed by atoms with Crippen LogP contribution in [-0.2, 0) is 16.0 Å². The molecule has 4 nitrogen and oxygen atoms in total. The first-order valence-electron chi connectivity index (χ1n) is 5.74. The fourth-order valence-electron chi connectivity index (χ4n) is 1.58. The van der Waals surface area contributed by atoms with E-state index >= 15 is 0 Å². The number of anilines is 1. The van der Waals surface area contributed by atoms with Gasteiger partial charge in [-0.05, 0) is 23.6 Å². The molecule has 19 heavy (non-hydrogen) atoms. The second kappa shape index (κ2) is 6.15. The number of rotatable bonds is 4. The summed E-state index contributed by atoms with van der Waals surface area (Å²) in [6.45, 7) is 1.34. The van der Waals surface area contributed by atoms with E-state index in [0.717, 1.165) is 4.88 Å². The molecule has 0 bridgehead atoms. The average molecular weight is 275 g/mol. The highest BCUT2D eigenvalue weighted by Crippen LogP contribution is 2.18. The fraction of sp³-hybridized carbons (Fsp3) is 0.143. The lowest BCUT2D eigenvalue weighted by molar-refractivity contribution is -0.131. The van der Waals surface area contributed by atoms with Crippen molar-refractivity contribution in [2.75, 3.05) is 5.32 Å². The topological polar surface area (TPSA) is 55.4 Å². The van der Waals surface area contributed by atoms with Crippen LogP contribution in [0.15, 0.2) is 41.8 Å². The number of carbonyl (C=O) groups excluding carboxylic acids is 2. The number of hydrogen-bond donors (Lipinski definition) is 1. The molecule has 0 saturated heterocycles. The van der Waals surface area contributed by atoms with E-state index in [1.807, 2.05) is 17.5 Å². The molecule has 0 saturated carbocycles. The molecule has 0 unspecified atom stereocenters. The minimum Gasteiger partial charge on any atom is -0.427 e. The Morgan fingerprint density at radius 1 is 1.26 bits per heavy atom. The summed E-state index contributed by atoms with van der Waals surface area (Å²) >= 11 is 1.54. The van der Waals surface area contributed by atoms with Gasteiger partial charge in [0.2, 0.25) is 5.91 Å². The van der Waals surface area contributed by atoms with E-state index in [0.29, 0.717) is 17.9 Å². The molecule has 1 aromatic carbocycles. The van der Waals surface area contributed by atoms with Crippen LogP contribution in [0.25, 0.3) is 0 Å². The SMILES string of the molecule is CC(=O)Oc1cccc(NC(=O)Cc2cccs2)c1. The molecule has 1 aromatic heterocycles. The lowest BCUT2D eigenvalue weighted by atomic mass is 10.2. The lowest BCUT2D eigenvalue weighted by Crippen LogP contribution is -2.13. The monoisotopic (exact) mass is 275 g/mol. The van der Waals surface area contributed by atoms with Gasteiger partial charge in [-0.15, -0.1) is 11.3 Å². The zero-order chi connectivity index (χ0) is 13.7.